The zero-order chi connectivity index (χ0) is 13.8. The number of rotatable bonds is 2. The van der Waals surface area contributed by atoms with Crippen molar-refractivity contribution in [3.05, 3.63) is 51.6 Å². The Morgan fingerprint density at radius 1 is 1.00 bits per heavy atom. The molecule has 2 aromatic rings. The smallest absolute Gasteiger partial charge is 0.220 e. The van der Waals surface area contributed by atoms with Gasteiger partial charge in [0.05, 0.1) is 21.7 Å². The molecule has 92 valence electrons. The Kier molecular flexibility index (Phi) is 3.87. The van der Waals surface area contributed by atoms with Gasteiger partial charge in [-0.2, -0.15) is 10.5 Å². The molecule has 0 amide bonds. The van der Waals surface area contributed by atoms with E-state index in [-0.39, 0.29) is 21.6 Å². The minimum absolute atomic E-state index is 0.0731. The summed E-state index contributed by atoms with van der Waals surface area (Å²) in [6.45, 7) is 0. The van der Waals surface area contributed by atoms with Crippen molar-refractivity contribution >= 4 is 23.2 Å². The molecule has 0 unspecified atom stereocenters. The standard InChI is InChI=1S/C13H5Cl2N3O/c14-9-2-4-13(18-11(9)7-17)19-12-3-1-8(6-16)5-10(12)15/h1-5H. The molecule has 0 aliphatic heterocycles. The highest BCUT2D eigenvalue weighted by atomic mass is 35.5. The Hall–Kier alpha value is -2.27. The molecular weight excluding hydrogens is 285 g/mol. The van der Waals surface area contributed by atoms with Gasteiger partial charge < -0.3 is 4.74 Å². The van der Waals surface area contributed by atoms with Crippen LogP contribution in [0, 0.1) is 22.7 Å². The molecule has 6 heteroatoms. The molecule has 0 spiro atoms. The molecule has 0 bridgehead atoms. The summed E-state index contributed by atoms with van der Waals surface area (Å²) < 4.78 is 5.44. The zero-order valence-electron chi connectivity index (χ0n) is 9.39. The van der Waals surface area contributed by atoms with Crippen LogP contribution < -0.4 is 4.74 Å². The second-order valence-corrected chi connectivity index (χ2v) is 4.27. The van der Waals surface area contributed by atoms with E-state index in [0.717, 1.165) is 0 Å². The Bertz CT molecular complexity index is 717. The fraction of sp³-hybridized carbons (Fsp3) is 0. The molecule has 0 aliphatic carbocycles. The molecule has 0 radical (unpaired) electrons. The quantitative estimate of drug-likeness (QED) is 0.840. The van der Waals surface area contributed by atoms with Gasteiger partial charge in [-0.05, 0) is 24.3 Å². The monoisotopic (exact) mass is 289 g/mol. The molecule has 1 heterocycles. The van der Waals surface area contributed by atoms with Crippen LogP contribution in [0.5, 0.6) is 11.6 Å². The molecule has 4 nitrogen and oxygen atoms in total. The van der Waals surface area contributed by atoms with E-state index in [1.54, 1.807) is 12.1 Å². The van der Waals surface area contributed by atoms with Crippen LogP contribution in [0.1, 0.15) is 11.3 Å². The lowest BCUT2D eigenvalue weighted by molar-refractivity contribution is 0.462. The fourth-order valence-corrected chi connectivity index (χ4v) is 1.69. The fourth-order valence-electron chi connectivity index (χ4n) is 1.33. The van der Waals surface area contributed by atoms with Crippen molar-refractivity contribution in [3.63, 3.8) is 0 Å². The van der Waals surface area contributed by atoms with Crippen LogP contribution >= 0.6 is 23.2 Å². The molecule has 0 N–H and O–H groups in total. The van der Waals surface area contributed by atoms with Gasteiger partial charge in [0.2, 0.25) is 5.88 Å². The van der Waals surface area contributed by atoms with Crippen molar-refractivity contribution in [1.82, 2.24) is 4.98 Å². The third-order valence-corrected chi connectivity index (χ3v) is 2.80. The summed E-state index contributed by atoms with van der Waals surface area (Å²) in [6, 6.07) is 11.5. The van der Waals surface area contributed by atoms with Crippen molar-refractivity contribution in [1.29, 1.82) is 10.5 Å². The summed E-state index contributed by atoms with van der Waals surface area (Å²) in [5, 5.41) is 18.1. The topological polar surface area (TPSA) is 69.7 Å². The van der Waals surface area contributed by atoms with Crippen LogP contribution in [0.15, 0.2) is 30.3 Å². The molecular formula is C13H5Cl2N3O. The number of hydrogen-bond acceptors (Lipinski definition) is 4. The zero-order valence-corrected chi connectivity index (χ0v) is 10.9. The lowest BCUT2D eigenvalue weighted by atomic mass is 10.2. The number of aromatic nitrogens is 1. The highest BCUT2D eigenvalue weighted by Gasteiger charge is 2.08. The number of nitrogens with zero attached hydrogens (tertiary/aromatic N) is 3. The third-order valence-electron chi connectivity index (χ3n) is 2.20. The summed E-state index contributed by atoms with van der Waals surface area (Å²) >= 11 is 11.7. The van der Waals surface area contributed by atoms with E-state index in [2.05, 4.69) is 4.98 Å². The van der Waals surface area contributed by atoms with Crippen LogP contribution in [0.4, 0.5) is 0 Å². The summed E-state index contributed by atoms with van der Waals surface area (Å²) in [5.74, 6) is 0.548. The van der Waals surface area contributed by atoms with Crippen LogP contribution in [-0.4, -0.2) is 4.98 Å². The summed E-state index contributed by atoms with van der Waals surface area (Å²) in [6.07, 6.45) is 0. The summed E-state index contributed by atoms with van der Waals surface area (Å²) in [5.41, 5.74) is 0.503. The predicted octanol–water partition coefficient (Wildman–Crippen LogP) is 3.92. The average Bonchev–Trinajstić information content (AvgIpc) is 2.43. The van der Waals surface area contributed by atoms with Crippen molar-refractivity contribution in [2.45, 2.75) is 0 Å². The van der Waals surface area contributed by atoms with E-state index < -0.39 is 0 Å². The minimum atomic E-state index is 0.0731. The molecule has 0 atom stereocenters. The Morgan fingerprint density at radius 2 is 1.79 bits per heavy atom. The highest BCUT2D eigenvalue weighted by Crippen LogP contribution is 2.30. The van der Waals surface area contributed by atoms with E-state index in [0.29, 0.717) is 11.3 Å². The minimum Gasteiger partial charge on any atom is -0.437 e. The van der Waals surface area contributed by atoms with Gasteiger partial charge in [-0.15, -0.1) is 0 Å². The number of halogens is 2. The van der Waals surface area contributed by atoms with Gasteiger partial charge in [0.25, 0.3) is 0 Å². The molecule has 19 heavy (non-hydrogen) atoms. The molecule has 0 saturated heterocycles. The molecule has 0 aliphatic rings. The molecule has 1 aromatic carbocycles. The van der Waals surface area contributed by atoms with E-state index in [9.17, 15) is 0 Å². The normalized spacial score (nSPS) is 9.47. The largest absolute Gasteiger partial charge is 0.437 e. The first-order valence-electron chi connectivity index (χ1n) is 5.08. The second kappa shape index (κ2) is 5.58. The van der Waals surface area contributed by atoms with E-state index >= 15 is 0 Å². The summed E-state index contributed by atoms with van der Waals surface area (Å²) in [7, 11) is 0. The Morgan fingerprint density at radius 3 is 2.42 bits per heavy atom. The maximum Gasteiger partial charge on any atom is 0.220 e. The van der Waals surface area contributed by atoms with Crippen LogP contribution in [0.3, 0.4) is 0 Å². The van der Waals surface area contributed by atoms with Crippen molar-refractivity contribution in [2.24, 2.45) is 0 Å². The first-order valence-corrected chi connectivity index (χ1v) is 5.84. The predicted molar refractivity (Wildman–Crippen MR) is 70.2 cm³/mol. The van der Waals surface area contributed by atoms with Gasteiger partial charge in [0.1, 0.15) is 11.8 Å². The lowest BCUT2D eigenvalue weighted by Gasteiger charge is -2.07. The van der Waals surface area contributed by atoms with Gasteiger partial charge in [-0.3, -0.25) is 0 Å². The number of hydrogen-bond donors (Lipinski definition) is 0. The number of pyridine rings is 1. The molecule has 0 saturated carbocycles. The van der Waals surface area contributed by atoms with Crippen molar-refractivity contribution < 1.29 is 4.74 Å². The van der Waals surface area contributed by atoms with Crippen LogP contribution in [0.25, 0.3) is 0 Å². The Labute approximate surface area is 119 Å². The first-order chi connectivity index (χ1) is 9.13. The van der Waals surface area contributed by atoms with Crippen LogP contribution in [-0.2, 0) is 0 Å². The van der Waals surface area contributed by atoms with Gasteiger partial charge in [-0.1, -0.05) is 23.2 Å². The third kappa shape index (κ3) is 2.95. The van der Waals surface area contributed by atoms with Crippen molar-refractivity contribution in [2.75, 3.05) is 0 Å². The number of benzene rings is 1. The molecule has 2 rings (SSSR count). The van der Waals surface area contributed by atoms with Gasteiger partial charge in [-0.25, -0.2) is 4.98 Å². The van der Waals surface area contributed by atoms with Gasteiger partial charge >= 0.3 is 0 Å². The molecule has 1 aromatic heterocycles. The van der Waals surface area contributed by atoms with Crippen LogP contribution in [0.2, 0.25) is 10.0 Å². The van der Waals surface area contributed by atoms with E-state index in [4.69, 9.17) is 38.5 Å². The lowest BCUT2D eigenvalue weighted by Crippen LogP contribution is -1.92. The highest BCUT2D eigenvalue weighted by molar-refractivity contribution is 6.32. The maximum absolute atomic E-state index is 8.82. The van der Waals surface area contributed by atoms with E-state index in [1.165, 1.54) is 18.2 Å². The average molecular weight is 290 g/mol. The van der Waals surface area contributed by atoms with Gasteiger partial charge in [0.15, 0.2) is 5.69 Å². The second-order valence-electron chi connectivity index (χ2n) is 3.45. The SMILES string of the molecule is N#Cc1ccc(Oc2ccc(Cl)c(C#N)n2)c(Cl)c1. The number of ether oxygens (including phenoxy) is 1. The first kappa shape index (κ1) is 13.2. The molecule has 0 fully saturated rings. The number of nitriles is 2. The summed E-state index contributed by atoms with van der Waals surface area (Å²) in [4.78, 5) is 3.93. The maximum atomic E-state index is 8.82. The van der Waals surface area contributed by atoms with E-state index in [1.807, 2.05) is 12.1 Å². The van der Waals surface area contributed by atoms with Crippen molar-refractivity contribution in [3.8, 4) is 23.8 Å². The Balaban J connectivity index is 2.32. The van der Waals surface area contributed by atoms with Gasteiger partial charge in [0, 0.05) is 6.07 Å².